The minimum Gasteiger partial charge on any atom is -0.465 e. The number of hydrogen-bond donors (Lipinski definition) is 1. The van der Waals surface area contributed by atoms with E-state index in [9.17, 15) is 9.59 Å². The number of carbonyl (C=O) groups excluding carboxylic acids is 2. The number of thioether (sulfide) groups is 1. The molecule has 1 aromatic heterocycles. The lowest BCUT2D eigenvalue weighted by Crippen LogP contribution is -2.24. The fraction of sp³-hybridized carbons (Fsp3) is 0.227. The Hall–Kier alpha value is -3.06. The predicted molar refractivity (Wildman–Crippen MR) is 113 cm³/mol. The van der Waals surface area contributed by atoms with Gasteiger partial charge in [-0.1, -0.05) is 30.0 Å². The topological polar surface area (TPSA) is 73.2 Å². The highest BCUT2D eigenvalue weighted by Crippen LogP contribution is 2.22. The van der Waals surface area contributed by atoms with Gasteiger partial charge in [-0.3, -0.25) is 9.36 Å². The number of amides is 1. The van der Waals surface area contributed by atoms with Crippen LogP contribution in [0.5, 0.6) is 0 Å². The maximum Gasteiger partial charge on any atom is 0.337 e. The van der Waals surface area contributed by atoms with Crippen molar-refractivity contribution in [2.45, 2.75) is 25.5 Å². The third-order valence-corrected chi connectivity index (χ3v) is 5.54. The van der Waals surface area contributed by atoms with Crippen LogP contribution < -0.4 is 5.32 Å². The van der Waals surface area contributed by atoms with Crippen molar-refractivity contribution >= 4 is 23.6 Å². The summed E-state index contributed by atoms with van der Waals surface area (Å²) in [5, 5.41) is 3.66. The van der Waals surface area contributed by atoms with Gasteiger partial charge in [-0.25, -0.2) is 9.78 Å². The third-order valence-electron chi connectivity index (χ3n) is 4.57. The lowest BCUT2D eigenvalue weighted by Gasteiger charge is -2.10. The molecule has 1 N–H and O–H groups in total. The molecule has 1 heterocycles. The number of methoxy groups -OCH3 is 1. The van der Waals surface area contributed by atoms with E-state index in [-0.39, 0.29) is 17.6 Å². The molecule has 150 valence electrons. The third kappa shape index (κ3) is 5.26. The van der Waals surface area contributed by atoms with Gasteiger partial charge >= 0.3 is 5.97 Å². The van der Waals surface area contributed by atoms with E-state index in [1.165, 1.54) is 30.0 Å². The Morgan fingerprint density at radius 1 is 1.10 bits per heavy atom. The monoisotopic (exact) mass is 409 g/mol. The van der Waals surface area contributed by atoms with E-state index in [0.717, 1.165) is 16.4 Å². The van der Waals surface area contributed by atoms with Crippen molar-refractivity contribution in [3.63, 3.8) is 0 Å². The van der Waals surface area contributed by atoms with Gasteiger partial charge in [-0.05, 0) is 54.8 Å². The van der Waals surface area contributed by atoms with Crippen LogP contribution in [0.1, 0.15) is 27.0 Å². The first-order valence-corrected chi connectivity index (χ1v) is 10.1. The summed E-state index contributed by atoms with van der Waals surface area (Å²) in [7, 11) is 1.35. The molecule has 2 aromatic carbocycles. The van der Waals surface area contributed by atoms with Crippen molar-refractivity contribution in [3.8, 4) is 5.69 Å². The molecule has 0 spiro atoms. The van der Waals surface area contributed by atoms with Crippen LogP contribution in [0.15, 0.2) is 60.0 Å². The summed E-state index contributed by atoms with van der Waals surface area (Å²) >= 11 is 1.39. The molecule has 0 bridgehead atoms. The number of ether oxygens (including phenoxy) is 1. The van der Waals surface area contributed by atoms with Crippen molar-refractivity contribution in [2.75, 3.05) is 12.9 Å². The number of rotatable bonds is 7. The number of esters is 1. The first kappa shape index (κ1) is 20.7. The maximum atomic E-state index is 12.2. The van der Waals surface area contributed by atoms with E-state index in [4.69, 9.17) is 0 Å². The molecule has 0 saturated heterocycles. The van der Waals surface area contributed by atoms with Crippen molar-refractivity contribution in [1.82, 2.24) is 14.9 Å². The summed E-state index contributed by atoms with van der Waals surface area (Å²) in [4.78, 5) is 28.1. The van der Waals surface area contributed by atoms with Crippen molar-refractivity contribution in [1.29, 1.82) is 0 Å². The number of imidazole rings is 1. The fourth-order valence-electron chi connectivity index (χ4n) is 2.73. The largest absolute Gasteiger partial charge is 0.465 e. The molecule has 0 saturated carbocycles. The first-order chi connectivity index (χ1) is 14.0. The molecule has 3 aromatic rings. The minimum atomic E-state index is -0.378. The van der Waals surface area contributed by atoms with Gasteiger partial charge in [0.2, 0.25) is 5.91 Å². The van der Waals surface area contributed by atoms with Crippen molar-refractivity contribution < 1.29 is 14.3 Å². The first-order valence-electron chi connectivity index (χ1n) is 9.15. The molecule has 0 aliphatic carbocycles. The average molecular weight is 410 g/mol. The number of aryl methyl sites for hydroxylation is 2. The van der Waals surface area contributed by atoms with Crippen LogP contribution in [0, 0.1) is 13.8 Å². The molecule has 0 atom stereocenters. The van der Waals surface area contributed by atoms with Gasteiger partial charge in [0.15, 0.2) is 5.16 Å². The van der Waals surface area contributed by atoms with Gasteiger partial charge in [0.05, 0.1) is 18.4 Å². The number of nitrogens with zero attached hydrogens (tertiary/aromatic N) is 2. The molecular weight excluding hydrogens is 386 g/mol. The van der Waals surface area contributed by atoms with E-state index in [0.29, 0.717) is 12.1 Å². The summed E-state index contributed by atoms with van der Waals surface area (Å²) in [6, 6.07) is 13.2. The Labute approximate surface area is 174 Å². The molecule has 0 unspecified atom stereocenters. The molecule has 1 amide bonds. The lowest BCUT2D eigenvalue weighted by molar-refractivity contribution is -0.118. The summed E-state index contributed by atoms with van der Waals surface area (Å²) in [6.45, 7) is 4.55. The quantitative estimate of drug-likeness (QED) is 0.476. The van der Waals surface area contributed by atoms with Crippen LogP contribution in [0.2, 0.25) is 0 Å². The molecule has 0 fully saturated rings. The highest BCUT2D eigenvalue weighted by molar-refractivity contribution is 7.99. The Morgan fingerprint density at radius 2 is 1.86 bits per heavy atom. The van der Waals surface area contributed by atoms with E-state index in [1.807, 2.05) is 16.8 Å². The standard InChI is InChI=1S/C22H23N3O3S/c1-15-4-9-19(12-16(15)2)25-11-10-23-22(25)29-14-20(26)24-13-17-5-7-18(8-6-17)21(27)28-3/h4-12H,13-14H2,1-3H3,(H,24,26). The number of aromatic nitrogens is 2. The summed E-state index contributed by atoms with van der Waals surface area (Å²) in [5.41, 5.74) is 4.87. The second kappa shape index (κ2) is 9.43. The number of hydrogen-bond acceptors (Lipinski definition) is 5. The highest BCUT2D eigenvalue weighted by Gasteiger charge is 2.10. The number of benzene rings is 2. The second-order valence-corrected chi connectivity index (χ2v) is 7.54. The smallest absolute Gasteiger partial charge is 0.337 e. The normalized spacial score (nSPS) is 10.6. The van der Waals surface area contributed by atoms with E-state index in [1.54, 1.807) is 30.5 Å². The van der Waals surface area contributed by atoms with Crippen LogP contribution in [0.25, 0.3) is 5.69 Å². The molecule has 6 nitrogen and oxygen atoms in total. The van der Waals surface area contributed by atoms with Gasteiger partial charge in [0.25, 0.3) is 0 Å². The van der Waals surface area contributed by atoms with E-state index in [2.05, 4.69) is 41.0 Å². The molecule has 0 aliphatic heterocycles. The minimum absolute atomic E-state index is 0.0818. The maximum absolute atomic E-state index is 12.2. The van der Waals surface area contributed by atoms with Gasteiger partial charge in [0.1, 0.15) is 0 Å². The van der Waals surface area contributed by atoms with E-state index >= 15 is 0 Å². The van der Waals surface area contributed by atoms with Crippen LogP contribution in [-0.4, -0.2) is 34.3 Å². The Bertz CT molecular complexity index is 1010. The van der Waals surface area contributed by atoms with Crippen LogP contribution in [0.4, 0.5) is 0 Å². The highest BCUT2D eigenvalue weighted by atomic mass is 32.2. The molecule has 3 rings (SSSR count). The SMILES string of the molecule is COC(=O)c1ccc(CNC(=O)CSc2nccn2-c2ccc(C)c(C)c2)cc1. The fourth-order valence-corrected chi connectivity index (χ4v) is 3.53. The molecule has 29 heavy (non-hydrogen) atoms. The zero-order valence-corrected chi connectivity index (χ0v) is 17.5. The van der Waals surface area contributed by atoms with Gasteiger partial charge in [-0.15, -0.1) is 0 Å². The van der Waals surface area contributed by atoms with Gasteiger partial charge in [0, 0.05) is 24.6 Å². The Kier molecular flexibility index (Phi) is 6.72. The summed E-state index contributed by atoms with van der Waals surface area (Å²) < 4.78 is 6.66. The number of carbonyl (C=O) groups is 2. The predicted octanol–water partition coefficient (Wildman–Crippen LogP) is 3.68. The Morgan fingerprint density at radius 3 is 2.55 bits per heavy atom. The van der Waals surface area contributed by atoms with Crippen LogP contribution in [-0.2, 0) is 16.1 Å². The summed E-state index contributed by atoms with van der Waals surface area (Å²) in [6.07, 6.45) is 3.63. The van der Waals surface area contributed by atoms with Crippen molar-refractivity contribution in [3.05, 3.63) is 77.1 Å². The molecule has 0 radical (unpaired) electrons. The zero-order chi connectivity index (χ0) is 20.8. The number of nitrogens with one attached hydrogen (secondary N) is 1. The van der Waals surface area contributed by atoms with Crippen LogP contribution >= 0.6 is 11.8 Å². The van der Waals surface area contributed by atoms with Crippen LogP contribution in [0.3, 0.4) is 0 Å². The lowest BCUT2D eigenvalue weighted by atomic mass is 10.1. The zero-order valence-electron chi connectivity index (χ0n) is 16.6. The van der Waals surface area contributed by atoms with Crippen molar-refractivity contribution in [2.24, 2.45) is 0 Å². The van der Waals surface area contributed by atoms with Gasteiger partial charge < -0.3 is 10.1 Å². The van der Waals surface area contributed by atoms with Gasteiger partial charge in [-0.2, -0.15) is 0 Å². The molecule has 0 aliphatic rings. The average Bonchev–Trinajstić information content (AvgIpc) is 3.21. The Balaban J connectivity index is 1.54. The second-order valence-electron chi connectivity index (χ2n) is 6.60. The van der Waals surface area contributed by atoms with E-state index < -0.39 is 0 Å². The summed E-state index contributed by atoms with van der Waals surface area (Å²) in [5.74, 6) is -0.194. The molecule has 7 heteroatoms. The molecular formula is C22H23N3O3S.